The standard InChI is InChI=1S/C17H30/c1-15-10-6-9-13-17(3,14-15)16(2)11-7-4-5-8-12-16/h1,4-14H2,2-3H3. The van der Waals surface area contributed by atoms with E-state index < -0.39 is 0 Å². The van der Waals surface area contributed by atoms with Gasteiger partial charge < -0.3 is 0 Å². The van der Waals surface area contributed by atoms with Gasteiger partial charge in [-0.2, -0.15) is 0 Å². The molecule has 2 fully saturated rings. The van der Waals surface area contributed by atoms with Crippen LogP contribution in [-0.4, -0.2) is 0 Å². The van der Waals surface area contributed by atoms with E-state index in [4.69, 9.17) is 0 Å². The van der Waals surface area contributed by atoms with Crippen LogP contribution in [0.1, 0.15) is 84.5 Å². The van der Waals surface area contributed by atoms with Gasteiger partial charge in [0.15, 0.2) is 0 Å². The van der Waals surface area contributed by atoms with Gasteiger partial charge in [-0.05, 0) is 49.4 Å². The van der Waals surface area contributed by atoms with Crippen molar-refractivity contribution in [2.45, 2.75) is 84.5 Å². The minimum atomic E-state index is 0.533. The Balaban J connectivity index is 2.18. The van der Waals surface area contributed by atoms with Crippen LogP contribution in [0.25, 0.3) is 0 Å². The van der Waals surface area contributed by atoms with Gasteiger partial charge in [0, 0.05) is 0 Å². The molecule has 0 aliphatic heterocycles. The van der Waals surface area contributed by atoms with Crippen molar-refractivity contribution in [3.05, 3.63) is 12.2 Å². The predicted molar refractivity (Wildman–Crippen MR) is 76.1 cm³/mol. The van der Waals surface area contributed by atoms with Crippen molar-refractivity contribution in [3.63, 3.8) is 0 Å². The molecule has 2 rings (SSSR count). The van der Waals surface area contributed by atoms with Gasteiger partial charge in [-0.1, -0.05) is 58.1 Å². The van der Waals surface area contributed by atoms with E-state index in [1.807, 2.05) is 0 Å². The van der Waals surface area contributed by atoms with Crippen molar-refractivity contribution < 1.29 is 0 Å². The van der Waals surface area contributed by atoms with Crippen molar-refractivity contribution >= 4 is 0 Å². The number of allylic oxidation sites excluding steroid dienone is 1. The van der Waals surface area contributed by atoms with Gasteiger partial charge in [-0.3, -0.25) is 0 Å². The minimum absolute atomic E-state index is 0.533. The van der Waals surface area contributed by atoms with Crippen molar-refractivity contribution in [1.29, 1.82) is 0 Å². The van der Waals surface area contributed by atoms with Crippen LogP contribution < -0.4 is 0 Å². The summed E-state index contributed by atoms with van der Waals surface area (Å²) < 4.78 is 0. The molecule has 0 aromatic carbocycles. The highest BCUT2D eigenvalue weighted by Gasteiger charge is 2.44. The Labute approximate surface area is 108 Å². The molecule has 0 radical (unpaired) electrons. The van der Waals surface area contributed by atoms with Crippen molar-refractivity contribution in [1.82, 2.24) is 0 Å². The molecule has 0 bridgehead atoms. The zero-order valence-corrected chi connectivity index (χ0v) is 12.0. The monoisotopic (exact) mass is 234 g/mol. The first-order valence-electron chi connectivity index (χ1n) is 7.72. The SMILES string of the molecule is C=C1CCCCC(C)(C2(C)CCCCCC2)C1. The first kappa shape index (κ1) is 13.2. The molecule has 0 amide bonds. The molecule has 98 valence electrons. The lowest BCUT2D eigenvalue weighted by Crippen LogP contribution is -2.37. The Morgan fingerprint density at radius 2 is 1.29 bits per heavy atom. The first-order chi connectivity index (χ1) is 8.06. The fourth-order valence-corrected chi connectivity index (χ4v) is 4.25. The normalized spacial score (nSPS) is 35.1. The smallest absolute Gasteiger partial charge is 0.0235 e. The van der Waals surface area contributed by atoms with Gasteiger partial charge in [0.1, 0.15) is 0 Å². The molecule has 0 aromatic rings. The third-order valence-electron chi connectivity index (χ3n) is 5.81. The Morgan fingerprint density at radius 3 is 1.94 bits per heavy atom. The summed E-state index contributed by atoms with van der Waals surface area (Å²) in [6.45, 7) is 9.46. The highest BCUT2D eigenvalue weighted by molar-refractivity contribution is 5.06. The third kappa shape index (κ3) is 2.77. The van der Waals surface area contributed by atoms with Gasteiger partial charge in [-0.15, -0.1) is 0 Å². The molecule has 2 aliphatic rings. The molecule has 0 spiro atoms. The molecule has 0 nitrogen and oxygen atoms in total. The Bertz CT molecular complexity index is 268. The van der Waals surface area contributed by atoms with Crippen LogP contribution >= 0.6 is 0 Å². The van der Waals surface area contributed by atoms with E-state index in [0.29, 0.717) is 10.8 Å². The van der Waals surface area contributed by atoms with E-state index in [2.05, 4.69) is 20.4 Å². The first-order valence-corrected chi connectivity index (χ1v) is 7.72. The van der Waals surface area contributed by atoms with Gasteiger partial charge in [-0.25, -0.2) is 0 Å². The topological polar surface area (TPSA) is 0 Å². The lowest BCUT2D eigenvalue weighted by atomic mass is 9.58. The summed E-state index contributed by atoms with van der Waals surface area (Å²) in [5, 5.41) is 0. The second kappa shape index (κ2) is 5.16. The fraction of sp³-hybridized carbons (Fsp3) is 0.882. The fourth-order valence-electron chi connectivity index (χ4n) is 4.25. The summed E-state index contributed by atoms with van der Waals surface area (Å²) in [6, 6.07) is 0. The average molecular weight is 234 g/mol. The van der Waals surface area contributed by atoms with Gasteiger partial charge >= 0.3 is 0 Å². The van der Waals surface area contributed by atoms with E-state index in [0.717, 1.165) is 0 Å². The van der Waals surface area contributed by atoms with Gasteiger partial charge in [0.2, 0.25) is 0 Å². The predicted octanol–water partition coefficient (Wildman–Crippen LogP) is 5.87. The van der Waals surface area contributed by atoms with Crippen LogP contribution in [0.4, 0.5) is 0 Å². The summed E-state index contributed by atoms with van der Waals surface area (Å²) in [4.78, 5) is 0. The average Bonchev–Trinajstić information content (AvgIpc) is 2.59. The van der Waals surface area contributed by atoms with Crippen LogP contribution in [0.15, 0.2) is 12.2 Å². The maximum atomic E-state index is 4.32. The summed E-state index contributed by atoms with van der Waals surface area (Å²) >= 11 is 0. The molecule has 1 atom stereocenters. The lowest BCUT2D eigenvalue weighted by molar-refractivity contribution is 0.0432. The van der Waals surface area contributed by atoms with Crippen molar-refractivity contribution in [3.8, 4) is 0 Å². The number of hydrogen-bond acceptors (Lipinski definition) is 0. The van der Waals surface area contributed by atoms with Gasteiger partial charge in [0.25, 0.3) is 0 Å². The van der Waals surface area contributed by atoms with Crippen LogP contribution in [0.3, 0.4) is 0 Å². The van der Waals surface area contributed by atoms with E-state index in [-0.39, 0.29) is 0 Å². The molecule has 2 saturated carbocycles. The summed E-state index contributed by atoms with van der Waals surface area (Å²) in [6.07, 6.45) is 15.6. The van der Waals surface area contributed by atoms with Crippen LogP contribution in [0.5, 0.6) is 0 Å². The quantitative estimate of drug-likeness (QED) is 0.393. The molecular weight excluding hydrogens is 204 g/mol. The van der Waals surface area contributed by atoms with E-state index in [1.165, 1.54) is 76.2 Å². The zero-order valence-electron chi connectivity index (χ0n) is 12.0. The Morgan fingerprint density at radius 1 is 0.765 bits per heavy atom. The number of hydrogen-bond donors (Lipinski definition) is 0. The third-order valence-corrected chi connectivity index (χ3v) is 5.81. The second-order valence-corrected chi connectivity index (χ2v) is 7.17. The second-order valence-electron chi connectivity index (χ2n) is 7.17. The maximum absolute atomic E-state index is 4.32. The molecule has 0 heterocycles. The van der Waals surface area contributed by atoms with Crippen molar-refractivity contribution in [2.75, 3.05) is 0 Å². The van der Waals surface area contributed by atoms with Crippen molar-refractivity contribution in [2.24, 2.45) is 10.8 Å². The minimum Gasteiger partial charge on any atom is -0.0998 e. The van der Waals surface area contributed by atoms with Crippen LogP contribution in [0.2, 0.25) is 0 Å². The van der Waals surface area contributed by atoms with E-state index in [9.17, 15) is 0 Å². The summed E-state index contributed by atoms with van der Waals surface area (Å²) in [5.41, 5.74) is 2.64. The van der Waals surface area contributed by atoms with Crippen LogP contribution in [0, 0.1) is 10.8 Å². The molecular formula is C17H30. The van der Waals surface area contributed by atoms with Gasteiger partial charge in [0.05, 0.1) is 0 Å². The molecule has 0 saturated heterocycles. The van der Waals surface area contributed by atoms with Crippen LogP contribution in [-0.2, 0) is 0 Å². The lowest BCUT2D eigenvalue weighted by Gasteiger charge is -2.47. The highest BCUT2D eigenvalue weighted by atomic mass is 14.5. The molecule has 2 aliphatic carbocycles. The molecule has 0 aromatic heterocycles. The Kier molecular flexibility index (Phi) is 4.00. The molecule has 0 heteroatoms. The molecule has 0 N–H and O–H groups in total. The largest absolute Gasteiger partial charge is 0.0998 e. The summed E-state index contributed by atoms with van der Waals surface area (Å²) in [5.74, 6) is 0. The zero-order chi connectivity index (χ0) is 12.4. The summed E-state index contributed by atoms with van der Waals surface area (Å²) in [7, 11) is 0. The highest BCUT2D eigenvalue weighted by Crippen LogP contribution is 2.55. The van der Waals surface area contributed by atoms with E-state index >= 15 is 0 Å². The van der Waals surface area contributed by atoms with E-state index in [1.54, 1.807) is 0 Å². The number of rotatable bonds is 1. The molecule has 1 unspecified atom stereocenters. The Hall–Kier alpha value is -0.260. The molecule has 17 heavy (non-hydrogen) atoms. The maximum Gasteiger partial charge on any atom is -0.0235 e.